The van der Waals surface area contributed by atoms with Gasteiger partial charge in [-0.15, -0.1) is 0 Å². The molecular formula is C14H21ClN2O3S. The van der Waals surface area contributed by atoms with E-state index in [9.17, 15) is 8.42 Å². The highest BCUT2D eigenvalue weighted by molar-refractivity contribution is 7.88. The molecule has 21 heavy (non-hydrogen) atoms. The van der Waals surface area contributed by atoms with Crippen LogP contribution < -0.4 is 10.1 Å². The van der Waals surface area contributed by atoms with Crippen LogP contribution in [0.15, 0.2) is 18.2 Å². The van der Waals surface area contributed by atoms with Crippen LogP contribution in [0.4, 0.5) is 0 Å². The lowest BCUT2D eigenvalue weighted by Gasteiger charge is -2.30. The maximum atomic E-state index is 11.5. The summed E-state index contributed by atoms with van der Waals surface area (Å²) < 4.78 is 29.8. The molecule has 0 aliphatic carbocycles. The first-order valence-electron chi connectivity index (χ1n) is 6.91. The van der Waals surface area contributed by atoms with Crippen LogP contribution in [0.2, 0.25) is 5.02 Å². The zero-order chi connectivity index (χ0) is 15.5. The maximum Gasteiger partial charge on any atom is 0.211 e. The molecule has 1 aromatic carbocycles. The third-order valence-electron chi connectivity index (χ3n) is 3.75. The summed E-state index contributed by atoms with van der Waals surface area (Å²) >= 11 is 6.01. The molecule has 0 amide bonds. The number of ether oxygens (including phenoxy) is 1. The Bertz CT molecular complexity index is 584. The molecule has 0 spiro atoms. The van der Waals surface area contributed by atoms with Crippen molar-refractivity contribution >= 4 is 21.6 Å². The number of rotatable bonds is 5. The van der Waals surface area contributed by atoms with Gasteiger partial charge < -0.3 is 10.1 Å². The molecular weight excluding hydrogens is 312 g/mol. The van der Waals surface area contributed by atoms with E-state index in [0.29, 0.717) is 30.7 Å². The van der Waals surface area contributed by atoms with Crippen molar-refractivity contribution < 1.29 is 13.2 Å². The zero-order valence-corrected chi connectivity index (χ0v) is 13.9. The fourth-order valence-corrected chi connectivity index (χ4v) is 3.60. The van der Waals surface area contributed by atoms with Crippen molar-refractivity contribution in [2.24, 2.45) is 0 Å². The van der Waals surface area contributed by atoms with Crippen LogP contribution in [0, 0.1) is 0 Å². The predicted molar refractivity (Wildman–Crippen MR) is 84.3 cm³/mol. The Morgan fingerprint density at radius 1 is 1.38 bits per heavy atom. The van der Waals surface area contributed by atoms with E-state index in [-0.39, 0.29) is 0 Å². The Morgan fingerprint density at radius 3 is 2.62 bits per heavy atom. The number of nitrogens with zero attached hydrogens (tertiary/aromatic N) is 1. The van der Waals surface area contributed by atoms with Crippen molar-refractivity contribution in [3.8, 4) is 5.75 Å². The second-order valence-corrected chi connectivity index (χ2v) is 7.69. The topological polar surface area (TPSA) is 58.6 Å². The van der Waals surface area contributed by atoms with Crippen LogP contribution in [0.5, 0.6) is 5.75 Å². The highest BCUT2D eigenvalue weighted by Crippen LogP contribution is 2.23. The first kappa shape index (κ1) is 16.5. The molecule has 0 radical (unpaired) electrons. The number of piperidine rings is 1. The fraction of sp³-hybridized carbons (Fsp3) is 0.571. The van der Waals surface area contributed by atoms with E-state index in [1.165, 1.54) is 10.6 Å². The molecule has 1 aliphatic rings. The smallest absolute Gasteiger partial charge is 0.211 e. The van der Waals surface area contributed by atoms with Gasteiger partial charge in [-0.05, 0) is 31.0 Å². The van der Waals surface area contributed by atoms with E-state index in [1.54, 1.807) is 13.2 Å². The molecule has 1 fully saturated rings. The molecule has 1 aromatic rings. The van der Waals surface area contributed by atoms with E-state index in [4.69, 9.17) is 16.3 Å². The number of benzene rings is 1. The van der Waals surface area contributed by atoms with Crippen molar-refractivity contribution in [2.45, 2.75) is 25.4 Å². The van der Waals surface area contributed by atoms with E-state index in [1.807, 2.05) is 12.1 Å². The molecule has 1 saturated heterocycles. The highest BCUT2D eigenvalue weighted by Gasteiger charge is 2.24. The zero-order valence-electron chi connectivity index (χ0n) is 12.3. The number of nitrogens with one attached hydrogen (secondary N) is 1. The van der Waals surface area contributed by atoms with E-state index in [0.717, 1.165) is 24.2 Å². The Balaban J connectivity index is 1.89. The number of halogens is 1. The van der Waals surface area contributed by atoms with Crippen molar-refractivity contribution in [1.29, 1.82) is 0 Å². The third kappa shape index (κ3) is 4.57. The molecule has 0 unspecified atom stereocenters. The molecule has 0 bridgehead atoms. The molecule has 1 N–H and O–H groups in total. The number of methoxy groups -OCH3 is 1. The summed E-state index contributed by atoms with van der Waals surface area (Å²) in [5.41, 5.74) is 1.01. The summed E-state index contributed by atoms with van der Waals surface area (Å²) in [6.45, 7) is 1.81. The number of hydrogen-bond acceptors (Lipinski definition) is 4. The lowest BCUT2D eigenvalue weighted by molar-refractivity contribution is 0.289. The molecule has 2 rings (SSSR count). The van der Waals surface area contributed by atoms with Crippen LogP contribution in [-0.2, 0) is 16.6 Å². The van der Waals surface area contributed by atoms with Gasteiger partial charge >= 0.3 is 0 Å². The second kappa shape index (κ2) is 6.96. The Labute approximate surface area is 131 Å². The van der Waals surface area contributed by atoms with Crippen LogP contribution >= 0.6 is 11.6 Å². The van der Waals surface area contributed by atoms with E-state index < -0.39 is 10.0 Å². The second-order valence-electron chi connectivity index (χ2n) is 5.27. The Morgan fingerprint density at radius 2 is 2.05 bits per heavy atom. The van der Waals surface area contributed by atoms with Crippen LogP contribution in [0.3, 0.4) is 0 Å². The van der Waals surface area contributed by atoms with Gasteiger partial charge in [0.15, 0.2) is 0 Å². The largest absolute Gasteiger partial charge is 0.496 e. The van der Waals surface area contributed by atoms with Gasteiger partial charge in [0.05, 0.1) is 13.4 Å². The van der Waals surface area contributed by atoms with Crippen molar-refractivity contribution in [2.75, 3.05) is 26.5 Å². The minimum atomic E-state index is -3.06. The summed E-state index contributed by atoms with van der Waals surface area (Å²) in [6.07, 6.45) is 2.89. The van der Waals surface area contributed by atoms with E-state index in [2.05, 4.69) is 5.32 Å². The van der Waals surface area contributed by atoms with Gasteiger partial charge in [0, 0.05) is 36.3 Å². The van der Waals surface area contributed by atoms with Gasteiger partial charge in [0.1, 0.15) is 5.75 Å². The summed E-state index contributed by atoms with van der Waals surface area (Å²) in [5.74, 6) is 0.806. The van der Waals surface area contributed by atoms with Crippen molar-refractivity contribution in [3.05, 3.63) is 28.8 Å². The van der Waals surface area contributed by atoms with E-state index >= 15 is 0 Å². The molecule has 1 aliphatic heterocycles. The first-order chi connectivity index (χ1) is 9.90. The van der Waals surface area contributed by atoms with Gasteiger partial charge in [0.2, 0.25) is 10.0 Å². The quantitative estimate of drug-likeness (QED) is 0.894. The van der Waals surface area contributed by atoms with Crippen LogP contribution in [0.1, 0.15) is 18.4 Å². The monoisotopic (exact) mass is 332 g/mol. The maximum absolute atomic E-state index is 11.5. The number of sulfonamides is 1. The summed E-state index contributed by atoms with van der Waals surface area (Å²) in [5, 5.41) is 4.13. The normalized spacial score (nSPS) is 17.9. The van der Waals surface area contributed by atoms with Crippen molar-refractivity contribution in [3.63, 3.8) is 0 Å². The van der Waals surface area contributed by atoms with Gasteiger partial charge in [-0.1, -0.05) is 11.6 Å². The van der Waals surface area contributed by atoms with Gasteiger partial charge in [-0.2, -0.15) is 0 Å². The average Bonchev–Trinajstić information content (AvgIpc) is 2.45. The van der Waals surface area contributed by atoms with Crippen LogP contribution in [-0.4, -0.2) is 45.2 Å². The lowest BCUT2D eigenvalue weighted by Crippen LogP contribution is -2.44. The Kier molecular flexibility index (Phi) is 5.48. The molecule has 118 valence electrons. The molecule has 0 saturated carbocycles. The van der Waals surface area contributed by atoms with Gasteiger partial charge in [0.25, 0.3) is 0 Å². The predicted octanol–water partition coefficient (Wildman–Crippen LogP) is 1.86. The summed E-state index contributed by atoms with van der Waals surface area (Å²) in [7, 11) is -1.43. The molecule has 5 nitrogen and oxygen atoms in total. The molecule has 1 heterocycles. The average molecular weight is 333 g/mol. The minimum absolute atomic E-state index is 0.312. The number of hydrogen-bond donors (Lipinski definition) is 1. The standard InChI is InChI=1S/C14H21ClN2O3S/c1-20-14-4-3-12(15)9-11(14)10-16-13-5-7-17(8-6-13)21(2,18)19/h3-4,9,13,16H,5-8,10H2,1-2H3. The van der Waals surface area contributed by atoms with Crippen molar-refractivity contribution in [1.82, 2.24) is 9.62 Å². The van der Waals surface area contributed by atoms with Gasteiger partial charge in [-0.25, -0.2) is 12.7 Å². The van der Waals surface area contributed by atoms with Gasteiger partial charge in [-0.3, -0.25) is 0 Å². The molecule has 0 atom stereocenters. The Hall–Kier alpha value is -0.820. The lowest BCUT2D eigenvalue weighted by atomic mass is 10.1. The highest BCUT2D eigenvalue weighted by atomic mass is 35.5. The summed E-state index contributed by atoms with van der Waals surface area (Å²) in [6, 6.07) is 5.85. The molecule has 7 heteroatoms. The SMILES string of the molecule is COc1ccc(Cl)cc1CNC1CCN(S(C)(=O)=O)CC1. The fourth-order valence-electron chi connectivity index (χ4n) is 2.53. The third-order valence-corrected chi connectivity index (χ3v) is 5.28. The minimum Gasteiger partial charge on any atom is -0.496 e. The summed E-state index contributed by atoms with van der Waals surface area (Å²) in [4.78, 5) is 0. The molecule has 0 aromatic heterocycles. The first-order valence-corrected chi connectivity index (χ1v) is 9.13. The van der Waals surface area contributed by atoms with Crippen LogP contribution in [0.25, 0.3) is 0 Å².